The minimum absolute atomic E-state index is 0.000701. The quantitative estimate of drug-likeness (QED) is 0.0272. The first kappa shape index (κ1) is 66.0. The van der Waals surface area contributed by atoms with Crippen LogP contribution in [0.5, 0.6) is 0 Å². The van der Waals surface area contributed by atoms with Crippen molar-refractivity contribution in [2.45, 2.75) is 302 Å². The maximum atomic E-state index is 13.0. The van der Waals surface area contributed by atoms with Crippen LogP contribution in [0.25, 0.3) is 0 Å². The van der Waals surface area contributed by atoms with Gasteiger partial charge in [0.05, 0.1) is 39.9 Å². The Morgan fingerprint density at radius 2 is 0.821 bits per heavy atom. The number of hydrogen-bond donors (Lipinski definition) is 2. The van der Waals surface area contributed by atoms with E-state index < -0.39 is 20.0 Å². The Labute approximate surface area is 417 Å². The monoisotopic (exact) mass is 967 g/mol. The molecule has 0 aromatic carbocycles. The number of likely N-dealkylation sites (N-methyl/N-ethyl adjacent to an activating group) is 1. The number of carbonyl (C=O) groups is 1. The lowest BCUT2D eigenvalue weighted by molar-refractivity contribution is -0.870. The minimum Gasteiger partial charge on any atom is -0.756 e. The van der Waals surface area contributed by atoms with Crippen molar-refractivity contribution in [1.29, 1.82) is 0 Å². The molecule has 0 fully saturated rings. The molecule has 0 bridgehead atoms. The zero-order chi connectivity index (χ0) is 49.2. The van der Waals surface area contributed by atoms with Crippen LogP contribution in [0.4, 0.5) is 0 Å². The molecule has 0 spiro atoms. The molecule has 1 amide bonds. The number of hydrogen-bond acceptors (Lipinski definition) is 6. The molecule has 0 saturated heterocycles. The van der Waals surface area contributed by atoms with Gasteiger partial charge in [-0.15, -0.1) is 0 Å². The van der Waals surface area contributed by atoms with E-state index in [1.165, 1.54) is 231 Å². The number of nitrogens with one attached hydrogen (secondary N) is 1. The van der Waals surface area contributed by atoms with E-state index in [1.54, 1.807) is 6.08 Å². The zero-order valence-corrected chi connectivity index (χ0v) is 46.3. The molecule has 0 aliphatic rings. The fraction of sp³-hybridized carbons (Fsp3) is 0.914. The first-order chi connectivity index (χ1) is 32.5. The summed E-state index contributed by atoms with van der Waals surface area (Å²) in [5.41, 5.74) is 0. The second-order valence-electron chi connectivity index (χ2n) is 21.4. The van der Waals surface area contributed by atoms with E-state index in [2.05, 4.69) is 31.3 Å². The van der Waals surface area contributed by atoms with E-state index in [9.17, 15) is 19.4 Å². The van der Waals surface area contributed by atoms with Crippen molar-refractivity contribution in [1.82, 2.24) is 5.32 Å². The van der Waals surface area contributed by atoms with Crippen LogP contribution in [-0.2, 0) is 18.4 Å². The molecule has 3 atom stereocenters. The van der Waals surface area contributed by atoms with Crippen molar-refractivity contribution in [3.63, 3.8) is 0 Å². The number of phosphoric acid groups is 1. The van der Waals surface area contributed by atoms with Gasteiger partial charge in [-0.2, -0.15) is 0 Å². The summed E-state index contributed by atoms with van der Waals surface area (Å²) in [6.45, 7) is 4.69. The van der Waals surface area contributed by atoms with Crippen LogP contribution in [0.2, 0.25) is 0 Å². The Kier molecular flexibility index (Phi) is 49.2. The highest BCUT2D eigenvalue weighted by Gasteiger charge is 2.23. The van der Waals surface area contributed by atoms with Gasteiger partial charge in [-0.3, -0.25) is 9.36 Å². The zero-order valence-electron chi connectivity index (χ0n) is 45.4. The van der Waals surface area contributed by atoms with Crippen molar-refractivity contribution in [2.75, 3.05) is 40.9 Å². The molecule has 0 radical (unpaired) electrons. The van der Waals surface area contributed by atoms with Gasteiger partial charge < -0.3 is 28.8 Å². The molecule has 0 saturated carbocycles. The highest BCUT2D eigenvalue weighted by Crippen LogP contribution is 2.38. The van der Waals surface area contributed by atoms with Crippen LogP contribution >= 0.6 is 7.82 Å². The van der Waals surface area contributed by atoms with Crippen molar-refractivity contribution in [3.05, 3.63) is 24.3 Å². The Bertz CT molecular complexity index is 1140. The third kappa shape index (κ3) is 52.6. The summed E-state index contributed by atoms with van der Waals surface area (Å²) in [6.07, 6.45) is 62.5. The van der Waals surface area contributed by atoms with Crippen LogP contribution in [-0.4, -0.2) is 68.5 Å². The molecular formula is C58H115N2O6P. The third-order valence-corrected chi connectivity index (χ3v) is 14.4. The SMILES string of the molecule is CCCCCCCCCCCCCC/C=C\CCCCCCCCCCCCCC(=O)NC(COP(=O)([O-])OCC[N+](C)(C)C)C(O)/C=C/CCCCCCCCCCCCCCCCCC. The summed E-state index contributed by atoms with van der Waals surface area (Å²) in [5, 5.41) is 13.9. The average molecular weight is 968 g/mol. The Morgan fingerprint density at radius 3 is 1.16 bits per heavy atom. The van der Waals surface area contributed by atoms with Crippen molar-refractivity contribution in [3.8, 4) is 0 Å². The Balaban J connectivity index is 4.15. The number of phosphoric ester groups is 1. The molecule has 9 heteroatoms. The summed E-state index contributed by atoms with van der Waals surface area (Å²) in [4.78, 5) is 25.5. The van der Waals surface area contributed by atoms with Crippen LogP contribution in [0, 0.1) is 0 Å². The van der Waals surface area contributed by atoms with E-state index in [1.807, 2.05) is 27.2 Å². The van der Waals surface area contributed by atoms with E-state index in [0.717, 1.165) is 38.5 Å². The van der Waals surface area contributed by atoms with Gasteiger partial charge in [0.1, 0.15) is 13.2 Å². The molecule has 8 nitrogen and oxygen atoms in total. The number of carbonyl (C=O) groups excluding carboxylic acids is 1. The largest absolute Gasteiger partial charge is 0.756 e. The fourth-order valence-electron chi connectivity index (χ4n) is 8.80. The number of nitrogens with zero attached hydrogens (tertiary/aromatic N) is 1. The van der Waals surface area contributed by atoms with Crippen LogP contribution in [0.15, 0.2) is 24.3 Å². The van der Waals surface area contributed by atoms with Crippen molar-refractivity contribution >= 4 is 13.7 Å². The molecule has 67 heavy (non-hydrogen) atoms. The molecule has 0 aliphatic carbocycles. The van der Waals surface area contributed by atoms with Gasteiger partial charge in [0.25, 0.3) is 7.82 Å². The first-order valence-corrected chi connectivity index (χ1v) is 30.7. The predicted molar refractivity (Wildman–Crippen MR) is 289 cm³/mol. The molecule has 3 unspecified atom stereocenters. The number of amides is 1. The minimum atomic E-state index is -4.59. The van der Waals surface area contributed by atoms with Crippen molar-refractivity contribution in [2.24, 2.45) is 0 Å². The second kappa shape index (κ2) is 49.9. The normalized spacial score (nSPS) is 14.1. The molecule has 0 aliphatic heterocycles. The smallest absolute Gasteiger partial charge is 0.268 e. The standard InChI is InChI=1S/C58H115N2O6P/c1-6-8-10-12-14-16-18-20-22-24-26-27-28-29-30-31-32-33-34-36-38-40-42-44-46-48-50-52-58(62)59-56(55-66-67(63,64)65-54-53-60(3,4)5)57(61)51-49-47-45-43-41-39-37-35-25-23-21-19-17-15-13-11-9-7-2/h29-30,49,51,56-57,61H,6-28,31-48,50,52-55H2,1-5H3,(H-,59,62,63,64)/b30-29-,51-49+. The summed E-state index contributed by atoms with van der Waals surface area (Å²) >= 11 is 0. The lowest BCUT2D eigenvalue weighted by Gasteiger charge is -2.29. The van der Waals surface area contributed by atoms with E-state index in [-0.39, 0.29) is 19.1 Å². The number of quaternary nitrogens is 1. The van der Waals surface area contributed by atoms with E-state index >= 15 is 0 Å². The van der Waals surface area contributed by atoms with Crippen LogP contribution < -0.4 is 10.2 Å². The van der Waals surface area contributed by atoms with Gasteiger partial charge in [0.15, 0.2) is 0 Å². The van der Waals surface area contributed by atoms with Crippen molar-refractivity contribution < 1.29 is 32.9 Å². The second-order valence-corrected chi connectivity index (χ2v) is 22.8. The van der Waals surface area contributed by atoms with Gasteiger partial charge in [-0.1, -0.05) is 263 Å². The predicted octanol–water partition coefficient (Wildman–Crippen LogP) is 17.0. The van der Waals surface area contributed by atoms with Gasteiger partial charge in [-0.25, -0.2) is 0 Å². The van der Waals surface area contributed by atoms with Crippen LogP contribution in [0.3, 0.4) is 0 Å². The van der Waals surface area contributed by atoms with Gasteiger partial charge in [0, 0.05) is 6.42 Å². The Hall–Kier alpha value is -1.02. The molecule has 0 heterocycles. The summed E-state index contributed by atoms with van der Waals surface area (Å²) in [5.74, 6) is -0.194. The number of allylic oxidation sites excluding steroid dienone is 3. The van der Waals surface area contributed by atoms with Crippen LogP contribution in [0.1, 0.15) is 290 Å². The molecule has 0 aromatic heterocycles. The first-order valence-electron chi connectivity index (χ1n) is 29.2. The highest BCUT2D eigenvalue weighted by molar-refractivity contribution is 7.45. The highest BCUT2D eigenvalue weighted by atomic mass is 31.2. The molecular weight excluding hydrogens is 852 g/mol. The molecule has 0 aromatic rings. The fourth-order valence-corrected chi connectivity index (χ4v) is 9.52. The van der Waals surface area contributed by atoms with E-state index in [4.69, 9.17) is 9.05 Å². The molecule has 2 N–H and O–H groups in total. The Morgan fingerprint density at radius 1 is 0.507 bits per heavy atom. The summed E-state index contributed by atoms with van der Waals surface area (Å²) in [6, 6.07) is -0.885. The average Bonchev–Trinajstić information content (AvgIpc) is 3.29. The molecule has 0 rings (SSSR count). The lowest BCUT2D eigenvalue weighted by atomic mass is 10.0. The number of rotatable bonds is 54. The summed E-state index contributed by atoms with van der Waals surface area (Å²) in [7, 11) is 1.27. The number of aliphatic hydroxyl groups is 1. The number of aliphatic hydroxyl groups excluding tert-OH is 1. The topological polar surface area (TPSA) is 108 Å². The molecule has 398 valence electrons. The number of unbranched alkanes of at least 4 members (excludes halogenated alkanes) is 39. The maximum absolute atomic E-state index is 13.0. The van der Waals surface area contributed by atoms with Gasteiger partial charge >= 0.3 is 0 Å². The van der Waals surface area contributed by atoms with Gasteiger partial charge in [-0.05, 0) is 44.9 Å². The maximum Gasteiger partial charge on any atom is 0.268 e. The third-order valence-electron chi connectivity index (χ3n) is 13.4. The van der Waals surface area contributed by atoms with Gasteiger partial charge in [0.2, 0.25) is 5.91 Å². The lowest BCUT2D eigenvalue weighted by Crippen LogP contribution is -2.45. The van der Waals surface area contributed by atoms with E-state index in [0.29, 0.717) is 17.4 Å². The summed E-state index contributed by atoms with van der Waals surface area (Å²) < 4.78 is 23.4.